The van der Waals surface area contributed by atoms with Gasteiger partial charge in [0.1, 0.15) is 23.4 Å². The molecule has 7 heteroatoms. The van der Waals surface area contributed by atoms with Crippen LogP contribution in [0, 0.1) is 10.1 Å². The van der Waals surface area contributed by atoms with Crippen LogP contribution < -0.4 is 5.32 Å². The van der Waals surface area contributed by atoms with Crippen LogP contribution in [0.4, 0.5) is 11.4 Å². The van der Waals surface area contributed by atoms with Gasteiger partial charge in [-0.1, -0.05) is 95.2 Å². The lowest BCUT2D eigenvalue weighted by Gasteiger charge is -2.27. The van der Waals surface area contributed by atoms with Gasteiger partial charge >= 0.3 is 5.70 Å². The first kappa shape index (κ1) is 30.9. The van der Waals surface area contributed by atoms with E-state index in [1.165, 1.54) is 6.20 Å². The van der Waals surface area contributed by atoms with Gasteiger partial charge in [0.2, 0.25) is 0 Å². The summed E-state index contributed by atoms with van der Waals surface area (Å²) in [4.78, 5) is 15.7. The fourth-order valence-corrected chi connectivity index (χ4v) is 3.90. The summed E-state index contributed by atoms with van der Waals surface area (Å²) < 4.78 is 0. The standard InChI is InChI=1S/C31H45N3O4/c1-28(2,3)19-13-22(30(7,8)9)26(35)24(15-19)32-17-21(34(37)38)18-33-25-16-20(29(4,5)6)14-23(27(25)36)31(10,11)12/h13-18,32,35-36H,1-12H3/b21-17+,33-18?. The zero-order valence-corrected chi connectivity index (χ0v) is 25.1. The number of nitrogens with zero attached hydrogens (tertiary/aromatic N) is 2. The van der Waals surface area contributed by atoms with E-state index in [9.17, 15) is 20.3 Å². The molecule has 0 aliphatic heterocycles. The van der Waals surface area contributed by atoms with Crippen LogP contribution in [0.1, 0.15) is 105 Å². The summed E-state index contributed by atoms with van der Waals surface area (Å²) >= 11 is 0. The van der Waals surface area contributed by atoms with Gasteiger partial charge in [0.15, 0.2) is 0 Å². The molecule has 0 atom stereocenters. The minimum atomic E-state index is -0.554. The number of benzene rings is 2. The fraction of sp³-hybridized carbons (Fsp3) is 0.516. The number of nitrogens with one attached hydrogen (secondary N) is 1. The molecule has 0 heterocycles. The number of hydrogen-bond donors (Lipinski definition) is 3. The Balaban J connectivity index is 2.61. The Morgan fingerprint density at radius 1 is 0.763 bits per heavy atom. The van der Waals surface area contributed by atoms with E-state index in [-0.39, 0.29) is 44.5 Å². The molecule has 3 N–H and O–H groups in total. The van der Waals surface area contributed by atoms with Crippen molar-refractivity contribution in [2.24, 2.45) is 4.99 Å². The summed E-state index contributed by atoms with van der Waals surface area (Å²) in [6.45, 7) is 24.4. The number of allylic oxidation sites excluding steroid dienone is 1. The molecule has 38 heavy (non-hydrogen) atoms. The molecule has 0 amide bonds. The third kappa shape index (κ3) is 7.36. The quantitative estimate of drug-likeness (QED) is 0.158. The summed E-state index contributed by atoms with van der Waals surface area (Å²) in [5.41, 5.74) is 2.67. The van der Waals surface area contributed by atoms with E-state index in [0.29, 0.717) is 5.69 Å². The molecular formula is C31H45N3O4. The smallest absolute Gasteiger partial charge is 0.303 e. The highest BCUT2D eigenvalue weighted by atomic mass is 16.6. The van der Waals surface area contributed by atoms with Crippen molar-refractivity contribution in [3.8, 4) is 11.5 Å². The third-order valence-electron chi connectivity index (χ3n) is 6.47. The van der Waals surface area contributed by atoms with Crippen molar-refractivity contribution >= 4 is 17.6 Å². The van der Waals surface area contributed by atoms with E-state index >= 15 is 0 Å². The second-order valence-corrected chi connectivity index (χ2v) is 14.0. The van der Waals surface area contributed by atoms with Crippen LogP contribution in [-0.2, 0) is 21.7 Å². The molecule has 0 radical (unpaired) electrons. The molecule has 0 aliphatic rings. The van der Waals surface area contributed by atoms with Crippen molar-refractivity contribution in [1.82, 2.24) is 0 Å². The van der Waals surface area contributed by atoms with E-state index in [0.717, 1.165) is 28.5 Å². The van der Waals surface area contributed by atoms with Crippen LogP contribution in [-0.4, -0.2) is 21.4 Å². The van der Waals surface area contributed by atoms with E-state index in [1.54, 1.807) is 6.07 Å². The van der Waals surface area contributed by atoms with Gasteiger partial charge in [-0.25, -0.2) is 4.99 Å². The number of phenolic OH excluding ortho intramolecular Hbond substituents is 2. The van der Waals surface area contributed by atoms with Crippen molar-refractivity contribution in [3.05, 3.63) is 68.5 Å². The highest BCUT2D eigenvalue weighted by molar-refractivity contribution is 5.81. The summed E-state index contributed by atoms with van der Waals surface area (Å²) in [7, 11) is 0. The molecule has 0 fully saturated rings. The van der Waals surface area contributed by atoms with Crippen molar-refractivity contribution in [2.45, 2.75) is 105 Å². The molecule has 2 aromatic rings. The molecule has 0 spiro atoms. The van der Waals surface area contributed by atoms with E-state index < -0.39 is 4.92 Å². The number of rotatable bonds is 5. The minimum absolute atomic E-state index is 0.00255. The van der Waals surface area contributed by atoms with Crippen LogP contribution >= 0.6 is 0 Å². The predicted octanol–water partition coefficient (Wildman–Crippen LogP) is 8.22. The van der Waals surface area contributed by atoms with Crippen LogP contribution in [0.3, 0.4) is 0 Å². The van der Waals surface area contributed by atoms with Gasteiger partial charge in [0, 0.05) is 11.1 Å². The van der Waals surface area contributed by atoms with Crippen molar-refractivity contribution in [2.75, 3.05) is 5.32 Å². The predicted molar refractivity (Wildman–Crippen MR) is 158 cm³/mol. The summed E-state index contributed by atoms with van der Waals surface area (Å²) in [5.74, 6) is 0.0504. The lowest BCUT2D eigenvalue weighted by atomic mass is 9.79. The Hall–Kier alpha value is -3.35. The zero-order chi connectivity index (χ0) is 29.4. The van der Waals surface area contributed by atoms with Crippen LogP contribution in [0.15, 0.2) is 41.2 Å². The molecule has 0 bridgehead atoms. The molecule has 208 valence electrons. The number of hydrogen-bond acceptors (Lipinski definition) is 6. The maximum absolute atomic E-state index is 11.9. The molecular weight excluding hydrogens is 478 g/mol. The first-order valence-corrected chi connectivity index (χ1v) is 12.9. The molecule has 0 saturated carbocycles. The first-order chi connectivity index (χ1) is 17.0. The van der Waals surface area contributed by atoms with Gasteiger partial charge in [-0.05, 0) is 44.9 Å². The van der Waals surface area contributed by atoms with Crippen LogP contribution in [0.5, 0.6) is 11.5 Å². The fourth-order valence-electron chi connectivity index (χ4n) is 3.90. The molecule has 0 unspecified atom stereocenters. The topological polar surface area (TPSA) is 108 Å². The van der Waals surface area contributed by atoms with Gasteiger partial charge in [-0.15, -0.1) is 0 Å². The van der Waals surface area contributed by atoms with Crippen molar-refractivity contribution in [1.29, 1.82) is 0 Å². The van der Waals surface area contributed by atoms with Crippen LogP contribution in [0.25, 0.3) is 0 Å². The molecule has 7 nitrogen and oxygen atoms in total. The average molecular weight is 524 g/mol. The largest absolute Gasteiger partial charge is 0.505 e. The monoisotopic (exact) mass is 523 g/mol. The maximum Gasteiger partial charge on any atom is 0.303 e. The molecule has 2 aromatic carbocycles. The van der Waals surface area contributed by atoms with Crippen LogP contribution in [0.2, 0.25) is 0 Å². The minimum Gasteiger partial charge on any atom is -0.505 e. The average Bonchev–Trinajstić information content (AvgIpc) is 2.71. The number of phenols is 2. The Labute approximate surface area is 227 Å². The number of nitro groups is 1. The van der Waals surface area contributed by atoms with Crippen molar-refractivity contribution in [3.63, 3.8) is 0 Å². The maximum atomic E-state index is 11.9. The molecule has 0 aliphatic carbocycles. The zero-order valence-electron chi connectivity index (χ0n) is 25.1. The lowest BCUT2D eigenvalue weighted by molar-refractivity contribution is -0.414. The second-order valence-electron chi connectivity index (χ2n) is 14.0. The molecule has 2 rings (SSSR count). The van der Waals surface area contributed by atoms with E-state index in [2.05, 4.69) is 51.9 Å². The SMILES string of the molecule is CC(C)(C)c1cc(N=C/C(=C\Nc2cc(C(C)(C)C)cc(C(C)(C)C)c2O)[N+](=O)[O-])c(O)c(C(C)(C)C)c1. The third-order valence-corrected chi connectivity index (χ3v) is 6.47. The van der Waals surface area contributed by atoms with Crippen molar-refractivity contribution < 1.29 is 15.1 Å². The Morgan fingerprint density at radius 3 is 1.63 bits per heavy atom. The molecule has 0 aromatic heterocycles. The lowest BCUT2D eigenvalue weighted by Crippen LogP contribution is -2.17. The Bertz CT molecular complexity index is 1260. The second kappa shape index (κ2) is 10.4. The summed E-state index contributed by atoms with van der Waals surface area (Å²) in [6, 6.07) is 7.53. The first-order valence-electron chi connectivity index (χ1n) is 12.9. The van der Waals surface area contributed by atoms with Gasteiger partial charge < -0.3 is 15.5 Å². The van der Waals surface area contributed by atoms with E-state index in [1.807, 2.05) is 59.7 Å². The van der Waals surface area contributed by atoms with Gasteiger partial charge in [0.25, 0.3) is 0 Å². The van der Waals surface area contributed by atoms with Gasteiger partial charge in [-0.3, -0.25) is 10.1 Å². The molecule has 0 saturated heterocycles. The normalized spacial score (nSPS) is 13.7. The number of aliphatic imine (C=N–C) groups is 1. The Morgan fingerprint density at radius 2 is 1.21 bits per heavy atom. The Kier molecular flexibility index (Phi) is 8.47. The summed E-state index contributed by atoms with van der Waals surface area (Å²) in [5, 5.41) is 36.8. The van der Waals surface area contributed by atoms with Gasteiger partial charge in [-0.2, -0.15) is 0 Å². The number of aromatic hydroxyl groups is 2. The summed E-state index contributed by atoms with van der Waals surface area (Å²) in [6.07, 6.45) is 2.34. The number of anilines is 1. The van der Waals surface area contributed by atoms with E-state index in [4.69, 9.17) is 0 Å². The highest BCUT2D eigenvalue weighted by Crippen LogP contribution is 2.42. The highest BCUT2D eigenvalue weighted by Gasteiger charge is 2.26. The van der Waals surface area contributed by atoms with Gasteiger partial charge in [0.05, 0.1) is 16.8 Å².